The fraction of sp³-hybridized carbons (Fsp3) is 0.267. The molecule has 1 aromatic heterocycles. The minimum atomic E-state index is 0.0424. The Balaban J connectivity index is 2.05. The summed E-state index contributed by atoms with van der Waals surface area (Å²) >= 11 is 0. The Morgan fingerprint density at radius 3 is 2.74 bits per heavy atom. The van der Waals surface area contributed by atoms with Gasteiger partial charge in [0.1, 0.15) is 6.33 Å². The highest BCUT2D eigenvalue weighted by Gasteiger charge is 2.08. The average Bonchev–Trinajstić information content (AvgIpc) is 2.46. The van der Waals surface area contributed by atoms with Gasteiger partial charge >= 0.3 is 0 Å². The zero-order valence-electron chi connectivity index (χ0n) is 10.9. The monoisotopic (exact) mass is 256 g/mol. The fourth-order valence-electron chi connectivity index (χ4n) is 1.65. The van der Waals surface area contributed by atoms with Gasteiger partial charge in [0.2, 0.25) is 5.88 Å². The molecule has 4 nitrogen and oxygen atoms in total. The quantitative estimate of drug-likeness (QED) is 0.746. The van der Waals surface area contributed by atoms with E-state index in [9.17, 15) is 4.79 Å². The summed E-state index contributed by atoms with van der Waals surface area (Å²) in [5.74, 6) is 0.563. The highest BCUT2D eigenvalue weighted by atomic mass is 16.5. The summed E-state index contributed by atoms with van der Waals surface area (Å²) in [4.78, 5) is 20.2. The summed E-state index contributed by atoms with van der Waals surface area (Å²) in [5, 5.41) is 0. The van der Waals surface area contributed by atoms with Gasteiger partial charge in [-0.25, -0.2) is 9.97 Å². The highest BCUT2D eigenvalue weighted by Crippen LogP contribution is 2.10. The van der Waals surface area contributed by atoms with Crippen molar-refractivity contribution in [2.45, 2.75) is 19.8 Å². The molecule has 98 valence electrons. The molecule has 0 aliphatic heterocycles. The molecule has 0 spiro atoms. The molecule has 1 aromatic carbocycles. The molecule has 0 saturated heterocycles. The van der Waals surface area contributed by atoms with Crippen molar-refractivity contribution in [1.82, 2.24) is 9.97 Å². The number of benzene rings is 1. The van der Waals surface area contributed by atoms with Gasteiger partial charge < -0.3 is 4.74 Å². The lowest BCUT2D eigenvalue weighted by Gasteiger charge is -2.05. The highest BCUT2D eigenvalue weighted by molar-refractivity contribution is 5.97. The molecule has 4 heteroatoms. The summed E-state index contributed by atoms with van der Waals surface area (Å²) in [6.45, 7) is 2.64. The van der Waals surface area contributed by atoms with Gasteiger partial charge in [0, 0.05) is 11.6 Å². The number of aromatic nitrogens is 2. The molecule has 19 heavy (non-hydrogen) atoms. The minimum Gasteiger partial charge on any atom is -0.478 e. The fourth-order valence-corrected chi connectivity index (χ4v) is 1.65. The Morgan fingerprint density at radius 1 is 1.21 bits per heavy atom. The third kappa shape index (κ3) is 3.88. The van der Waals surface area contributed by atoms with Crippen LogP contribution in [0.5, 0.6) is 5.88 Å². The number of hydrogen-bond acceptors (Lipinski definition) is 4. The van der Waals surface area contributed by atoms with E-state index in [1.54, 1.807) is 18.2 Å². The number of ketones is 1. The zero-order chi connectivity index (χ0) is 13.5. The van der Waals surface area contributed by atoms with Crippen LogP contribution in [-0.2, 0) is 6.42 Å². The summed E-state index contributed by atoms with van der Waals surface area (Å²) in [5.41, 5.74) is 1.37. The second-order valence-corrected chi connectivity index (χ2v) is 4.16. The summed E-state index contributed by atoms with van der Waals surface area (Å²) in [7, 11) is 0. The Labute approximate surface area is 112 Å². The average molecular weight is 256 g/mol. The van der Waals surface area contributed by atoms with Gasteiger partial charge in [-0.05, 0) is 6.42 Å². The van der Waals surface area contributed by atoms with Gasteiger partial charge in [-0.1, -0.05) is 37.3 Å². The first kappa shape index (κ1) is 13.2. The van der Waals surface area contributed by atoms with E-state index in [-0.39, 0.29) is 12.2 Å². The maximum Gasteiger partial charge on any atom is 0.216 e. The Morgan fingerprint density at radius 2 is 2.00 bits per heavy atom. The molecule has 2 rings (SSSR count). The molecule has 0 amide bonds. The molecular weight excluding hydrogens is 240 g/mol. The Hall–Kier alpha value is -2.23. The van der Waals surface area contributed by atoms with Crippen LogP contribution in [0.2, 0.25) is 0 Å². The number of rotatable bonds is 6. The van der Waals surface area contributed by atoms with E-state index in [0.717, 1.165) is 6.42 Å². The first-order valence-electron chi connectivity index (χ1n) is 6.31. The van der Waals surface area contributed by atoms with Gasteiger partial charge in [-0.2, -0.15) is 0 Å². The predicted octanol–water partition coefficient (Wildman–Crippen LogP) is 2.69. The molecule has 0 unspecified atom stereocenters. The first-order chi connectivity index (χ1) is 9.29. The third-order valence-corrected chi connectivity index (χ3v) is 2.59. The van der Waals surface area contributed by atoms with Crippen molar-refractivity contribution in [2.24, 2.45) is 0 Å². The van der Waals surface area contributed by atoms with Crippen LogP contribution in [0.3, 0.4) is 0 Å². The van der Waals surface area contributed by atoms with E-state index < -0.39 is 0 Å². The molecule has 0 atom stereocenters. The summed E-state index contributed by atoms with van der Waals surface area (Å²) in [6.07, 6.45) is 2.61. The van der Waals surface area contributed by atoms with Crippen molar-refractivity contribution < 1.29 is 9.53 Å². The Kier molecular flexibility index (Phi) is 4.61. The number of hydrogen-bond donors (Lipinski definition) is 0. The molecule has 1 heterocycles. The standard InChI is InChI=1S/C15H16N2O2/c1-2-8-19-15-10-13(16-11-17-15)9-14(18)12-6-4-3-5-7-12/h3-7,10-11H,2,8-9H2,1H3. The molecule has 0 radical (unpaired) electrons. The maximum atomic E-state index is 12.0. The van der Waals surface area contributed by atoms with Crippen molar-refractivity contribution >= 4 is 5.78 Å². The number of Topliss-reactive ketones (excluding diaryl/α,β-unsaturated/α-hetero) is 1. The number of carbonyl (C=O) groups excluding carboxylic acids is 1. The number of ether oxygens (including phenoxy) is 1. The molecule has 0 aliphatic rings. The van der Waals surface area contributed by atoms with E-state index >= 15 is 0 Å². The molecule has 0 saturated carbocycles. The second kappa shape index (κ2) is 6.64. The first-order valence-corrected chi connectivity index (χ1v) is 6.31. The normalized spacial score (nSPS) is 10.2. The maximum absolute atomic E-state index is 12.0. The van der Waals surface area contributed by atoms with Crippen LogP contribution < -0.4 is 4.74 Å². The van der Waals surface area contributed by atoms with Crippen LogP contribution in [0.1, 0.15) is 29.4 Å². The van der Waals surface area contributed by atoms with E-state index in [0.29, 0.717) is 23.7 Å². The van der Waals surface area contributed by atoms with Crippen LogP contribution in [-0.4, -0.2) is 22.4 Å². The molecule has 0 N–H and O–H groups in total. The van der Waals surface area contributed by atoms with Crippen molar-refractivity contribution in [3.05, 3.63) is 54.0 Å². The van der Waals surface area contributed by atoms with Gasteiger partial charge in [0.05, 0.1) is 18.7 Å². The van der Waals surface area contributed by atoms with Crippen molar-refractivity contribution in [2.75, 3.05) is 6.61 Å². The number of carbonyl (C=O) groups is 1. The van der Waals surface area contributed by atoms with E-state index in [2.05, 4.69) is 9.97 Å². The second-order valence-electron chi connectivity index (χ2n) is 4.16. The van der Waals surface area contributed by atoms with Crippen LogP contribution in [0, 0.1) is 0 Å². The van der Waals surface area contributed by atoms with Crippen molar-refractivity contribution in [3.63, 3.8) is 0 Å². The van der Waals surface area contributed by atoms with Crippen molar-refractivity contribution in [1.29, 1.82) is 0 Å². The molecule has 0 aliphatic carbocycles. The van der Waals surface area contributed by atoms with Gasteiger partial charge in [-0.3, -0.25) is 4.79 Å². The lowest BCUT2D eigenvalue weighted by atomic mass is 10.1. The minimum absolute atomic E-state index is 0.0424. The molecular formula is C15H16N2O2. The van der Waals surface area contributed by atoms with Crippen LogP contribution >= 0.6 is 0 Å². The smallest absolute Gasteiger partial charge is 0.216 e. The van der Waals surface area contributed by atoms with Gasteiger partial charge in [0.25, 0.3) is 0 Å². The van der Waals surface area contributed by atoms with Crippen molar-refractivity contribution in [3.8, 4) is 5.88 Å². The molecule has 0 fully saturated rings. The summed E-state index contributed by atoms with van der Waals surface area (Å²) in [6, 6.07) is 10.9. The van der Waals surface area contributed by atoms with Gasteiger partial charge in [0.15, 0.2) is 5.78 Å². The molecule has 2 aromatic rings. The third-order valence-electron chi connectivity index (χ3n) is 2.59. The molecule has 0 bridgehead atoms. The van der Waals surface area contributed by atoms with Crippen LogP contribution in [0.25, 0.3) is 0 Å². The number of nitrogens with zero attached hydrogens (tertiary/aromatic N) is 2. The van der Waals surface area contributed by atoms with E-state index in [4.69, 9.17) is 4.74 Å². The topological polar surface area (TPSA) is 52.1 Å². The SMILES string of the molecule is CCCOc1cc(CC(=O)c2ccccc2)ncn1. The van der Waals surface area contributed by atoms with Crippen LogP contribution in [0.15, 0.2) is 42.7 Å². The van der Waals surface area contributed by atoms with Crippen LogP contribution in [0.4, 0.5) is 0 Å². The summed E-state index contributed by atoms with van der Waals surface area (Å²) < 4.78 is 5.42. The lowest BCUT2D eigenvalue weighted by molar-refractivity contribution is 0.0992. The lowest BCUT2D eigenvalue weighted by Crippen LogP contribution is -2.06. The zero-order valence-corrected chi connectivity index (χ0v) is 10.9. The largest absolute Gasteiger partial charge is 0.478 e. The Bertz CT molecular complexity index is 541. The van der Waals surface area contributed by atoms with E-state index in [1.165, 1.54) is 6.33 Å². The van der Waals surface area contributed by atoms with E-state index in [1.807, 2.05) is 25.1 Å². The van der Waals surface area contributed by atoms with Gasteiger partial charge in [-0.15, -0.1) is 0 Å². The predicted molar refractivity (Wildman–Crippen MR) is 72.3 cm³/mol.